The molecule has 0 aromatic heterocycles. The van der Waals surface area contributed by atoms with Crippen molar-refractivity contribution in [3.8, 4) is 5.75 Å². The van der Waals surface area contributed by atoms with E-state index in [0.29, 0.717) is 5.95 Å². The van der Waals surface area contributed by atoms with Gasteiger partial charge in [0.1, 0.15) is 5.75 Å². The summed E-state index contributed by atoms with van der Waals surface area (Å²) < 4.78 is 9.88. The summed E-state index contributed by atoms with van der Waals surface area (Å²) in [7, 11) is 1.52. The largest absolute Gasteiger partial charge is 0.469 e. The first-order valence-electron chi connectivity index (χ1n) is 3.28. The fourth-order valence-electron chi connectivity index (χ4n) is 0.662. The van der Waals surface area contributed by atoms with Crippen molar-refractivity contribution in [2.24, 2.45) is 0 Å². The first-order valence-corrected chi connectivity index (χ1v) is 3.28. The molecule has 2 nitrogen and oxygen atoms in total. The Hall–Kier alpha value is -1.44. The summed E-state index contributed by atoms with van der Waals surface area (Å²) in [5.74, 6) is 1.04. The van der Waals surface area contributed by atoms with Crippen LogP contribution in [-0.4, -0.2) is 7.11 Å². The van der Waals surface area contributed by atoms with E-state index in [4.69, 9.17) is 9.47 Å². The first-order chi connectivity index (χ1) is 5.33. The van der Waals surface area contributed by atoms with E-state index in [9.17, 15) is 0 Å². The molecule has 0 N–H and O–H groups in total. The summed E-state index contributed by atoms with van der Waals surface area (Å²) in [6.45, 7) is 3.52. The van der Waals surface area contributed by atoms with Gasteiger partial charge in [-0.1, -0.05) is 18.2 Å². The van der Waals surface area contributed by atoms with Gasteiger partial charge in [-0.25, -0.2) is 0 Å². The van der Waals surface area contributed by atoms with E-state index in [0.717, 1.165) is 5.75 Å². The Labute approximate surface area is 66.1 Å². The molecule has 0 fully saturated rings. The van der Waals surface area contributed by atoms with Crippen LogP contribution in [0, 0.1) is 0 Å². The van der Waals surface area contributed by atoms with Gasteiger partial charge in [0.15, 0.2) is 0 Å². The number of benzene rings is 1. The maximum atomic E-state index is 5.15. The van der Waals surface area contributed by atoms with Crippen LogP contribution < -0.4 is 4.74 Å². The van der Waals surface area contributed by atoms with Crippen molar-refractivity contribution in [3.05, 3.63) is 42.9 Å². The van der Waals surface area contributed by atoms with Gasteiger partial charge in [-0.05, 0) is 18.7 Å². The second-order valence-corrected chi connectivity index (χ2v) is 1.99. The zero-order chi connectivity index (χ0) is 8.10. The van der Waals surface area contributed by atoms with E-state index in [-0.39, 0.29) is 0 Å². The molecule has 0 radical (unpaired) electrons. The van der Waals surface area contributed by atoms with Gasteiger partial charge < -0.3 is 9.47 Å². The summed E-state index contributed by atoms with van der Waals surface area (Å²) in [5, 5.41) is 0. The van der Waals surface area contributed by atoms with Crippen LogP contribution in [-0.2, 0) is 4.74 Å². The number of para-hydroxylation sites is 1. The Balaban J connectivity index is 2.58. The number of hydrogen-bond acceptors (Lipinski definition) is 2. The van der Waals surface area contributed by atoms with Crippen molar-refractivity contribution in [1.29, 1.82) is 0 Å². The Morgan fingerprint density at radius 2 is 1.91 bits per heavy atom. The molecule has 0 saturated heterocycles. The second-order valence-electron chi connectivity index (χ2n) is 1.99. The van der Waals surface area contributed by atoms with Crippen LogP contribution >= 0.6 is 0 Å². The molecule has 1 aromatic rings. The van der Waals surface area contributed by atoms with Gasteiger partial charge in [0.2, 0.25) is 0 Å². The van der Waals surface area contributed by atoms with E-state index in [1.54, 1.807) is 0 Å². The molecule has 0 atom stereocenters. The second kappa shape index (κ2) is 3.66. The van der Waals surface area contributed by atoms with Crippen LogP contribution in [0.5, 0.6) is 5.75 Å². The van der Waals surface area contributed by atoms with Gasteiger partial charge in [-0.15, -0.1) is 0 Å². The molecule has 11 heavy (non-hydrogen) atoms. The molecule has 0 amide bonds. The minimum absolute atomic E-state index is 0.302. The van der Waals surface area contributed by atoms with Gasteiger partial charge in [0, 0.05) is 0 Å². The molecule has 0 aliphatic heterocycles. The zero-order valence-corrected chi connectivity index (χ0v) is 6.41. The molecule has 0 saturated carbocycles. The predicted molar refractivity (Wildman–Crippen MR) is 43.2 cm³/mol. The normalized spacial score (nSPS) is 8.82. The lowest BCUT2D eigenvalue weighted by atomic mass is 10.3. The van der Waals surface area contributed by atoms with Crippen molar-refractivity contribution in [2.75, 3.05) is 7.11 Å². The van der Waals surface area contributed by atoms with Gasteiger partial charge in [-0.2, -0.15) is 0 Å². The summed E-state index contributed by atoms with van der Waals surface area (Å²) in [6.07, 6.45) is 0. The highest BCUT2D eigenvalue weighted by Crippen LogP contribution is 2.11. The number of methoxy groups -OCH3 is 1. The Bertz CT molecular complexity index is 229. The SMILES string of the molecule is C=C(OC)Oc1ccccc1. The Morgan fingerprint density at radius 3 is 2.45 bits per heavy atom. The van der Waals surface area contributed by atoms with Gasteiger partial charge in [0.25, 0.3) is 5.95 Å². The van der Waals surface area contributed by atoms with Crippen LogP contribution in [0.1, 0.15) is 0 Å². The maximum Gasteiger partial charge on any atom is 0.276 e. The van der Waals surface area contributed by atoms with Crippen LogP contribution in [0.2, 0.25) is 0 Å². The third-order valence-electron chi connectivity index (χ3n) is 1.20. The molecule has 2 heteroatoms. The van der Waals surface area contributed by atoms with Crippen molar-refractivity contribution in [1.82, 2.24) is 0 Å². The highest BCUT2D eigenvalue weighted by atomic mass is 16.7. The lowest BCUT2D eigenvalue weighted by Gasteiger charge is -2.05. The average molecular weight is 150 g/mol. The molecule has 0 aliphatic rings. The highest BCUT2D eigenvalue weighted by Gasteiger charge is 1.93. The summed E-state index contributed by atoms with van der Waals surface area (Å²) in [4.78, 5) is 0. The average Bonchev–Trinajstić information content (AvgIpc) is 2.06. The third kappa shape index (κ3) is 2.34. The number of rotatable bonds is 3. The highest BCUT2D eigenvalue weighted by molar-refractivity contribution is 5.22. The van der Waals surface area contributed by atoms with Crippen LogP contribution in [0.4, 0.5) is 0 Å². The minimum Gasteiger partial charge on any atom is -0.469 e. The third-order valence-corrected chi connectivity index (χ3v) is 1.20. The molecule has 0 bridgehead atoms. The molecule has 0 spiro atoms. The van der Waals surface area contributed by atoms with Crippen molar-refractivity contribution < 1.29 is 9.47 Å². The smallest absolute Gasteiger partial charge is 0.276 e. The molecule has 0 heterocycles. The Morgan fingerprint density at radius 1 is 1.27 bits per heavy atom. The monoisotopic (exact) mass is 150 g/mol. The van der Waals surface area contributed by atoms with E-state index in [1.807, 2.05) is 30.3 Å². The predicted octanol–water partition coefficient (Wildman–Crippen LogP) is 2.18. The van der Waals surface area contributed by atoms with Crippen LogP contribution in [0.25, 0.3) is 0 Å². The summed E-state index contributed by atoms with van der Waals surface area (Å²) >= 11 is 0. The lowest BCUT2D eigenvalue weighted by Crippen LogP contribution is -1.94. The van der Waals surface area contributed by atoms with Crippen LogP contribution in [0.3, 0.4) is 0 Å². The topological polar surface area (TPSA) is 18.5 Å². The minimum atomic E-state index is 0.302. The summed E-state index contributed by atoms with van der Waals surface area (Å²) in [5.41, 5.74) is 0. The van der Waals surface area contributed by atoms with E-state index >= 15 is 0 Å². The molecular weight excluding hydrogens is 140 g/mol. The van der Waals surface area contributed by atoms with Gasteiger partial charge in [-0.3, -0.25) is 0 Å². The molecule has 0 aliphatic carbocycles. The van der Waals surface area contributed by atoms with Crippen molar-refractivity contribution >= 4 is 0 Å². The molecule has 1 rings (SSSR count). The van der Waals surface area contributed by atoms with Gasteiger partial charge in [0.05, 0.1) is 7.11 Å². The van der Waals surface area contributed by atoms with Crippen molar-refractivity contribution in [3.63, 3.8) is 0 Å². The van der Waals surface area contributed by atoms with Gasteiger partial charge >= 0.3 is 0 Å². The quantitative estimate of drug-likeness (QED) is 0.615. The summed E-state index contributed by atoms with van der Waals surface area (Å²) in [6, 6.07) is 9.37. The number of ether oxygens (including phenoxy) is 2. The molecule has 1 aromatic carbocycles. The Kier molecular flexibility index (Phi) is 2.55. The maximum absolute atomic E-state index is 5.15. The molecule has 58 valence electrons. The van der Waals surface area contributed by atoms with E-state index in [1.165, 1.54) is 7.11 Å². The molecular formula is C9H10O2. The lowest BCUT2D eigenvalue weighted by molar-refractivity contribution is 0.154. The first kappa shape index (κ1) is 7.66. The standard InChI is InChI=1S/C9H10O2/c1-8(10-2)11-9-6-4-3-5-7-9/h3-7H,1H2,2H3. The van der Waals surface area contributed by atoms with Crippen LogP contribution in [0.15, 0.2) is 42.9 Å². The fraction of sp³-hybridized carbons (Fsp3) is 0.111. The van der Waals surface area contributed by atoms with E-state index < -0.39 is 0 Å². The van der Waals surface area contributed by atoms with E-state index in [2.05, 4.69) is 6.58 Å². The zero-order valence-electron chi connectivity index (χ0n) is 6.41. The fourth-order valence-corrected chi connectivity index (χ4v) is 0.662. The number of hydrogen-bond donors (Lipinski definition) is 0. The molecule has 0 unspecified atom stereocenters. The van der Waals surface area contributed by atoms with Crippen molar-refractivity contribution in [2.45, 2.75) is 0 Å².